The Hall–Kier alpha value is -0.610. The average Bonchev–Trinajstić information content (AvgIpc) is 2.95. The summed E-state index contributed by atoms with van der Waals surface area (Å²) in [5, 5.41) is 0. The fourth-order valence-electron chi connectivity index (χ4n) is 2.02. The van der Waals surface area contributed by atoms with Crippen LogP contribution in [-0.2, 0) is 4.79 Å². The molecule has 0 radical (unpaired) electrons. The Bertz CT molecular complexity index is 223. The predicted octanol–water partition coefficient (Wildman–Crippen LogP) is -0.502. The number of nitrogens with two attached hydrogens (primary N) is 1. The molecule has 2 rings (SSSR count). The third-order valence-corrected chi connectivity index (χ3v) is 3.29. The Morgan fingerprint density at radius 1 is 1.36 bits per heavy atom. The van der Waals surface area contributed by atoms with Gasteiger partial charge < -0.3 is 15.5 Å². The van der Waals surface area contributed by atoms with Crippen LogP contribution in [0.25, 0.3) is 0 Å². The van der Waals surface area contributed by atoms with Crippen molar-refractivity contribution in [2.45, 2.75) is 19.4 Å². The molecule has 1 aliphatic carbocycles. The van der Waals surface area contributed by atoms with Crippen molar-refractivity contribution in [3.05, 3.63) is 0 Å². The lowest BCUT2D eigenvalue weighted by Gasteiger charge is -2.34. The van der Waals surface area contributed by atoms with Crippen LogP contribution in [0.3, 0.4) is 0 Å². The van der Waals surface area contributed by atoms with E-state index in [1.165, 1.54) is 0 Å². The van der Waals surface area contributed by atoms with Crippen LogP contribution in [0.1, 0.15) is 13.3 Å². The van der Waals surface area contributed by atoms with Gasteiger partial charge in [0.2, 0.25) is 5.91 Å². The highest BCUT2D eigenvalue weighted by molar-refractivity contribution is 5.82. The Morgan fingerprint density at radius 3 is 2.36 bits per heavy atom. The second-order valence-electron chi connectivity index (χ2n) is 4.27. The van der Waals surface area contributed by atoms with Crippen LogP contribution >= 0.6 is 0 Å². The lowest BCUT2D eigenvalue weighted by Crippen LogP contribution is -2.49. The smallest absolute Gasteiger partial charge is 0.227 e. The summed E-state index contributed by atoms with van der Waals surface area (Å²) in [7, 11) is 0. The molecule has 2 N–H and O–H groups in total. The highest BCUT2D eigenvalue weighted by Crippen LogP contribution is 2.30. The molecule has 0 bridgehead atoms. The third-order valence-electron chi connectivity index (χ3n) is 3.29. The molecule has 4 nitrogen and oxygen atoms in total. The van der Waals surface area contributed by atoms with E-state index >= 15 is 0 Å². The summed E-state index contributed by atoms with van der Waals surface area (Å²) in [5.74, 6) is 0.427. The molecule has 80 valence electrons. The monoisotopic (exact) mass is 197 g/mol. The lowest BCUT2D eigenvalue weighted by atomic mass is 10.2. The second kappa shape index (κ2) is 3.87. The van der Waals surface area contributed by atoms with Gasteiger partial charge in [-0.25, -0.2) is 0 Å². The van der Waals surface area contributed by atoms with Gasteiger partial charge in [-0.15, -0.1) is 0 Å². The van der Waals surface area contributed by atoms with Gasteiger partial charge in [0.1, 0.15) is 0 Å². The molecule has 0 spiro atoms. The lowest BCUT2D eigenvalue weighted by molar-refractivity contribution is -0.134. The van der Waals surface area contributed by atoms with Crippen LogP contribution in [0.5, 0.6) is 0 Å². The van der Waals surface area contributed by atoms with Crippen LogP contribution in [0.4, 0.5) is 0 Å². The summed E-state index contributed by atoms with van der Waals surface area (Å²) in [4.78, 5) is 16.1. The van der Waals surface area contributed by atoms with Crippen molar-refractivity contribution in [1.29, 1.82) is 0 Å². The van der Waals surface area contributed by atoms with Gasteiger partial charge in [-0.2, -0.15) is 0 Å². The van der Waals surface area contributed by atoms with Crippen LogP contribution in [-0.4, -0.2) is 54.5 Å². The number of hydrogen-bond acceptors (Lipinski definition) is 3. The number of piperazine rings is 1. The second-order valence-corrected chi connectivity index (χ2v) is 4.27. The summed E-state index contributed by atoms with van der Waals surface area (Å²) >= 11 is 0. The first-order chi connectivity index (χ1) is 6.72. The molecule has 2 atom stereocenters. The summed E-state index contributed by atoms with van der Waals surface area (Å²) in [6.07, 6.45) is 0.896. The van der Waals surface area contributed by atoms with E-state index in [4.69, 9.17) is 5.73 Å². The van der Waals surface area contributed by atoms with Crippen molar-refractivity contribution in [3.8, 4) is 0 Å². The minimum atomic E-state index is 0.142. The Labute approximate surface area is 85.0 Å². The summed E-state index contributed by atoms with van der Waals surface area (Å²) < 4.78 is 0. The van der Waals surface area contributed by atoms with Crippen molar-refractivity contribution in [2.24, 2.45) is 11.7 Å². The maximum atomic E-state index is 11.8. The highest BCUT2D eigenvalue weighted by Gasteiger charge is 2.42. The standard InChI is InChI=1S/C10H19N3O/c1-2-12-3-5-13(6-4-12)10(14)8-7-9(8)11/h8-9H,2-7,11H2,1H3. The van der Waals surface area contributed by atoms with Crippen molar-refractivity contribution >= 4 is 5.91 Å². The number of hydrogen-bond donors (Lipinski definition) is 1. The van der Waals surface area contributed by atoms with Crippen LogP contribution in [0, 0.1) is 5.92 Å². The molecule has 1 heterocycles. The van der Waals surface area contributed by atoms with E-state index in [0.717, 1.165) is 39.1 Å². The van der Waals surface area contributed by atoms with E-state index in [1.807, 2.05) is 4.90 Å². The quantitative estimate of drug-likeness (QED) is 0.649. The topological polar surface area (TPSA) is 49.6 Å². The Balaban J connectivity index is 1.80. The van der Waals surface area contributed by atoms with Crippen molar-refractivity contribution in [2.75, 3.05) is 32.7 Å². The fraction of sp³-hybridized carbons (Fsp3) is 0.900. The molecule has 0 aromatic rings. The van der Waals surface area contributed by atoms with Gasteiger partial charge in [-0.05, 0) is 13.0 Å². The minimum absolute atomic E-state index is 0.142. The zero-order chi connectivity index (χ0) is 10.1. The van der Waals surface area contributed by atoms with Gasteiger partial charge >= 0.3 is 0 Å². The molecule has 1 saturated heterocycles. The summed E-state index contributed by atoms with van der Waals surface area (Å²) in [6.45, 7) is 7.06. The molecule has 0 aromatic heterocycles. The van der Waals surface area contributed by atoms with E-state index in [2.05, 4.69) is 11.8 Å². The number of carbonyl (C=O) groups is 1. The molecule has 14 heavy (non-hydrogen) atoms. The van der Waals surface area contributed by atoms with E-state index in [9.17, 15) is 4.79 Å². The molecule has 2 unspecified atom stereocenters. The first-order valence-electron chi connectivity index (χ1n) is 5.49. The van der Waals surface area contributed by atoms with Crippen LogP contribution in [0.15, 0.2) is 0 Å². The molecule has 1 aliphatic heterocycles. The number of amides is 1. The highest BCUT2D eigenvalue weighted by atomic mass is 16.2. The molecule has 1 amide bonds. The van der Waals surface area contributed by atoms with Crippen LogP contribution in [0.2, 0.25) is 0 Å². The van der Waals surface area contributed by atoms with Gasteiger partial charge in [0.25, 0.3) is 0 Å². The average molecular weight is 197 g/mol. The van der Waals surface area contributed by atoms with Gasteiger partial charge in [0.05, 0.1) is 5.92 Å². The van der Waals surface area contributed by atoms with Crippen molar-refractivity contribution in [1.82, 2.24) is 9.80 Å². The first-order valence-corrected chi connectivity index (χ1v) is 5.49. The number of likely N-dealkylation sites (N-methyl/N-ethyl adjacent to an activating group) is 1. The molecule has 4 heteroatoms. The van der Waals surface area contributed by atoms with Crippen molar-refractivity contribution < 1.29 is 4.79 Å². The minimum Gasteiger partial charge on any atom is -0.340 e. The maximum absolute atomic E-state index is 11.8. The van der Waals surface area contributed by atoms with E-state index < -0.39 is 0 Å². The molecular weight excluding hydrogens is 178 g/mol. The summed E-state index contributed by atoms with van der Waals surface area (Å²) in [5.41, 5.74) is 5.67. The molecule has 0 aromatic carbocycles. The first kappa shape index (κ1) is 9.93. The molecule has 2 aliphatic rings. The zero-order valence-electron chi connectivity index (χ0n) is 8.78. The molecular formula is C10H19N3O. The number of carbonyl (C=O) groups excluding carboxylic acids is 1. The maximum Gasteiger partial charge on any atom is 0.227 e. The zero-order valence-corrected chi connectivity index (χ0v) is 8.78. The van der Waals surface area contributed by atoms with Gasteiger partial charge in [0.15, 0.2) is 0 Å². The Kier molecular flexibility index (Phi) is 2.74. The number of rotatable bonds is 2. The van der Waals surface area contributed by atoms with E-state index in [-0.39, 0.29) is 17.9 Å². The molecule has 1 saturated carbocycles. The van der Waals surface area contributed by atoms with E-state index in [1.54, 1.807) is 0 Å². The number of nitrogens with zero attached hydrogens (tertiary/aromatic N) is 2. The SMILES string of the molecule is CCN1CCN(C(=O)C2CC2N)CC1. The van der Waals surface area contributed by atoms with E-state index in [0.29, 0.717) is 0 Å². The van der Waals surface area contributed by atoms with Gasteiger partial charge in [-0.3, -0.25) is 4.79 Å². The van der Waals surface area contributed by atoms with Gasteiger partial charge in [-0.1, -0.05) is 6.92 Å². The Morgan fingerprint density at radius 2 is 1.93 bits per heavy atom. The normalized spacial score (nSPS) is 33.1. The largest absolute Gasteiger partial charge is 0.340 e. The molecule has 2 fully saturated rings. The predicted molar refractivity (Wildman–Crippen MR) is 54.8 cm³/mol. The van der Waals surface area contributed by atoms with Crippen LogP contribution < -0.4 is 5.73 Å². The van der Waals surface area contributed by atoms with Crippen molar-refractivity contribution in [3.63, 3.8) is 0 Å². The fourth-order valence-corrected chi connectivity index (χ4v) is 2.02. The van der Waals surface area contributed by atoms with Gasteiger partial charge in [0, 0.05) is 32.2 Å². The third kappa shape index (κ3) is 1.91. The summed E-state index contributed by atoms with van der Waals surface area (Å²) in [6, 6.07) is 0.145.